The minimum atomic E-state index is 0.919. The van der Waals surface area contributed by atoms with E-state index in [4.69, 9.17) is 4.74 Å². The fourth-order valence-corrected chi connectivity index (χ4v) is 1.73. The van der Waals surface area contributed by atoms with Crippen molar-refractivity contribution < 1.29 is 4.74 Å². The van der Waals surface area contributed by atoms with Crippen molar-refractivity contribution in [3.05, 3.63) is 29.3 Å². The number of halogens is 1. The molecule has 1 aromatic carbocycles. The van der Waals surface area contributed by atoms with Crippen LogP contribution in [0.25, 0.3) is 0 Å². The summed E-state index contributed by atoms with van der Waals surface area (Å²) in [6, 6.07) is 6.37. The molecule has 1 rings (SSSR count). The van der Waals surface area contributed by atoms with Crippen LogP contribution < -0.4 is 4.74 Å². The lowest BCUT2D eigenvalue weighted by atomic mass is 10.1. The standard InChI is InChI=1S/C12H18BrNO/c1-10-8-11(4-5-12(10)15-3)6-7-14(2)9-13/h4-5,8H,6-7,9H2,1-3H3. The Labute approximate surface area is 100 Å². The van der Waals surface area contributed by atoms with E-state index in [9.17, 15) is 0 Å². The van der Waals surface area contributed by atoms with Crippen LogP contribution in [-0.2, 0) is 6.42 Å². The smallest absolute Gasteiger partial charge is 0.121 e. The zero-order valence-corrected chi connectivity index (χ0v) is 11.2. The quantitative estimate of drug-likeness (QED) is 0.603. The normalized spacial score (nSPS) is 10.7. The molecule has 0 fully saturated rings. The largest absolute Gasteiger partial charge is 0.496 e. The van der Waals surface area contributed by atoms with E-state index in [0.717, 1.165) is 24.2 Å². The maximum absolute atomic E-state index is 5.23. The Morgan fingerprint density at radius 3 is 2.67 bits per heavy atom. The Bertz CT molecular complexity index is 314. The number of aryl methyl sites for hydroxylation is 1. The third-order valence-corrected chi connectivity index (χ3v) is 3.30. The van der Waals surface area contributed by atoms with Gasteiger partial charge in [-0.05, 0) is 37.6 Å². The molecule has 0 atom stereocenters. The molecule has 0 radical (unpaired) electrons. The Kier molecular flexibility index (Phi) is 5.12. The highest BCUT2D eigenvalue weighted by molar-refractivity contribution is 9.09. The van der Waals surface area contributed by atoms with Crippen molar-refractivity contribution in [1.82, 2.24) is 4.90 Å². The first kappa shape index (κ1) is 12.5. The van der Waals surface area contributed by atoms with Crippen LogP contribution in [0.1, 0.15) is 11.1 Å². The van der Waals surface area contributed by atoms with Crippen molar-refractivity contribution in [3.8, 4) is 5.75 Å². The van der Waals surface area contributed by atoms with E-state index < -0.39 is 0 Å². The summed E-state index contributed by atoms with van der Waals surface area (Å²) in [4.78, 5) is 2.24. The molecular formula is C12H18BrNO. The highest BCUT2D eigenvalue weighted by Gasteiger charge is 2.01. The highest BCUT2D eigenvalue weighted by atomic mass is 79.9. The lowest BCUT2D eigenvalue weighted by Crippen LogP contribution is -2.18. The highest BCUT2D eigenvalue weighted by Crippen LogP contribution is 2.18. The van der Waals surface area contributed by atoms with Gasteiger partial charge in [-0.3, -0.25) is 4.90 Å². The minimum absolute atomic E-state index is 0.919. The van der Waals surface area contributed by atoms with Crippen molar-refractivity contribution in [2.24, 2.45) is 0 Å². The van der Waals surface area contributed by atoms with E-state index in [0.29, 0.717) is 0 Å². The number of benzene rings is 1. The van der Waals surface area contributed by atoms with Crippen LogP contribution in [0.3, 0.4) is 0 Å². The molecule has 0 aromatic heterocycles. The first-order valence-corrected chi connectivity index (χ1v) is 6.17. The number of rotatable bonds is 5. The predicted octanol–water partition coefficient (Wildman–Crippen LogP) is 2.83. The molecule has 0 aliphatic carbocycles. The molecule has 0 spiro atoms. The molecule has 0 N–H and O–H groups in total. The van der Waals surface area contributed by atoms with Crippen LogP contribution in [0, 0.1) is 6.92 Å². The molecule has 1 aromatic rings. The van der Waals surface area contributed by atoms with E-state index >= 15 is 0 Å². The van der Waals surface area contributed by atoms with E-state index in [1.807, 2.05) is 6.07 Å². The van der Waals surface area contributed by atoms with E-state index in [1.165, 1.54) is 11.1 Å². The number of methoxy groups -OCH3 is 1. The van der Waals surface area contributed by atoms with Gasteiger partial charge < -0.3 is 4.74 Å². The molecule has 0 amide bonds. The molecule has 0 aliphatic rings. The summed E-state index contributed by atoms with van der Waals surface area (Å²) in [7, 11) is 3.81. The predicted molar refractivity (Wildman–Crippen MR) is 67.9 cm³/mol. The van der Waals surface area contributed by atoms with Gasteiger partial charge in [0.2, 0.25) is 0 Å². The summed E-state index contributed by atoms with van der Waals surface area (Å²) in [5.41, 5.74) is 3.49. The molecule has 2 nitrogen and oxygen atoms in total. The van der Waals surface area contributed by atoms with Gasteiger partial charge in [0, 0.05) is 6.54 Å². The average Bonchev–Trinajstić information content (AvgIpc) is 2.26. The van der Waals surface area contributed by atoms with E-state index in [2.05, 4.69) is 46.9 Å². The summed E-state index contributed by atoms with van der Waals surface area (Å²) in [5.74, 6) is 0.965. The average molecular weight is 272 g/mol. The second-order valence-corrected chi connectivity index (χ2v) is 4.25. The molecule has 0 unspecified atom stereocenters. The molecular weight excluding hydrogens is 254 g/mol. The Balaban J connectivity index is 2.59. The third-order valence-electron chi connectivity index (χ3n) is 2.45. The summed E-state index contributed by atoms with van der Waals surface area (Å²) in [6.45, 7) is 3.15. The molecule has 0 heterocycles. The van der Waals surface area contributed by atoms with Crippen LogP contribution in [-0.4, -0.2) is 31.1 Å². The van der Waals surface area contributed by atoms with Gasteiger partial charge >= 0.3 is 0 Å². The lowest BCUT2D eigenvalue weighted by Gasteiger charge is -2.13. The zero-order chi connectivity index (χ0) is 11.3. The number of hydrogen-bond donors (Lipinski definition) is 0. The maximum atomic E-state index is 5.23. The number of ether oxygens (including phenoxy) is 1. The van der Waals surface area contributed by atoms with Crippen LogP contribution in [0.2, 0.25) is 0 Å². The van der Waals surface area contributed by atoms with Gasteiger partial charge in [-0.25, -0.2) is 0 Å². The first-order chi connectivity index (χ1) is 7.17. The number of alkyl halides is 1. The van der Waals surface area contributed by atoms with Crippen molar-refractivity contribution in [1.29, 1.82) is 0 Å². The van der Waals surface area contributed by atoms with Crippen LogP contribution in [0.5, 0.6) is 5.75 Å². The Morgan fingerprint density at radius 2 is 2.13 bits per heavy atom. The van der Waals surface area contributed by atoms with Gasteiger partial charge in [0.25, 0.3) is 0 Å². The van der Waals surface area contributed by atoms with Gasteiger partial charge in [0.05, 0.1) is 12.6 Å². The fourth-order valence-electron chi connectivity index (χ4n) is 1.48. The van der Waals surface area contributed by atoms with Gasteiger partial charge in [0.15, 0.2) is 0 Å². The Morgan fingerprint density at radius 1 is 1.40 bits per heavy atom. The van der Waals surface area contributed by atoms with Crippen LogP contribution >= 0.6 is 15.9 Å². The Hall–Kier alpha value is -0.540. The maximum Gasteiger partial charge on any atom is 0.121 e. The number of nitrogens with zero attached hydrogens (tertiary/aromatic N) is 1. The van der Waals surface area contributed by atoms with Crippen molar-refractivity contribution >= 4 is 15.9 Å². The molecule has 84 valence electrons. The van der Waals surface area contributed by atoms with Crippen molar-refractivity contribution in [2.75, 3.05) is 26.2 Å². The third kappa shape index (κ3) is 3.84. The molecule has 0 bridgehead atoms. The van der Waals surface area contributed by atoms with Crippen molar-refractivity contribution in [2.45, 2.75) is 13.3 Å². The van der Waals surface area contributed by atoms with Gasteiger partial charge in [-0.1, -0.05) is 28.1 Å². The molecule has 3 heteroatoms. The number of hydrogen-bond acceptors (Lipinski definition) is 2. The van der Waals surface area contributed by atoms with Gasteiger partial charge in [-0.15, -0.1) is 0 Å². The van der Waals surface area contributed by atoms with E-state index in [1.54, 1.807) is 7.11 Å². The van der Waals surface area contributed by atoms with Gasteiger partial charge in [0.1, 0.15) is 5.75 Å². The number of likely N-dealkylation sites (N-methyl/N-ethyl adjacent to an activating group) is 1. The summed E-state index contributed by atoms with van der Waals surface area (Å²) in [6.07, 6.45) is 1.08. The monoisotopic (exact) mass is 271 g/mol. The van der Waals surface area contributed by atoms with Gasteiger partial charge in [-0.2, -0.15) is 0 Å². The molecule has 0 aliphatic heterocycles. The molecule has 0 saturated heterocycles. The van der Waals surface area contributed by atoms with E-state index in [-0.39, 0.29) is 0 Å². The molecule has 15 heavy (non-hydrogen) atoms. The van der Waals surface area contributed by atoms with Crippen LogP contribution in [0.15, 0.2) is 18.2 Å². The second kappa shape index (κ2) is 6.13. The lowest BCUT2D eigenvalue weighted by molar-refractivity contribution is 0.400. The summed E-state index contributed by atoms with van der Waals surface area (Å²) >= 11 is 3.43. The summed E-state index contributed by atoms with van der Waals surface area (Å²) < 4.78 is 5.23. The zero-order valence-electron chi connectivity index (χ0n) is 9.59. The van der Waals surface area contributed by atoms with Crippen molar-refractivity contribution in [3.63, 3.8) is 0 Å². The summed E-state index contributed by atoms with van der Waals surface area (Å²) in [5, 5.41) is 0. The topological polar surface area (TPSA) is 12.5 Å². The molecule has 0 saturated carbocycles. The fraction of sp³-hybridized carbons (Fsp3) is 0.500. The van der Waals surface area contributed by atoms with Crippen LogP contribution in [0.4, 0.5) is 0 Å². The second-order valence-electron chi connectivity index (χ2n) is 3.75. The minimum Gasteiger partial charge on any atom is -0.496 e. The first-order valence-electron chi connectivity index (χ1n) is 5.05. The SMILES string of the molecule is COc1ccc(CCN(C)CBr)cc1C.